The Morgan fingerprint density at radius 3 is 2.67 bits per heavy atom. The quantitative estimate of drug-likeness (QED) is 0.903. The van der Waals surface area contributed by atoms with E-state index in [1.54, 1.807) is 6.07 Å². The number of nitrogen functional groups attached to an aromatic ring is 1. The van der Waals surface area contributed by atoms with Gasteiger partial charge in [-0.1, -0.05) is 18.2 Å². The number of fused-ring (bicyclic) bond motifs is 1. The second-order valence-corrected chi connectivity index (χ2v) is 6.01. The number of alkyl halides is 3. The third-order valence-electron chi connectivity index (χ3n) is 3.07. The molecule has 2 aromatic rings. The summed E-state index contributed by atoms with van der Waals surface area (Å²) in [6, 6.07) is 4.52. The first kappa shape index (κ1) is 15.6. The first-order valence-electron chi connectivity index (χ1n) is 6.34. The summed E-state index contributed by atoms with van der Waals surface area (Å²) in [4.78, 5) is 12.4. The van der Waals surface area contributed by atoms with Crippen LogP contribution in [0.1, 0.15) is 28.6 Å². The minimum absolute atomic E-state index is 0.258. The summed E-state index contributed by atoms with van der Waals surface area (Å²) in [5.41, 5.74) is 7.23. The maximum absolute atomic E-state index is 12.3. The van der Waals surface area contributed by atoms with Crippen LogP contribution in [-0.2, 0) is 0 Å². The zero-order valence-electron chi connectivity index (χ0n) is 11.5. The molecule has 0 aliphatic rings. The van der Waals surface area contributed by atoms with Crippen molar-refractivity contribution < 1.29 is 18.0 Å². The number of thiophene rings is 1. The molecular formula is C14H15F3N2OS. The second kappa shape index (κ2) is 5.55. The molecule has 1 aromatic heterocycles. The van der Waals surface area contributed by atoms with Crippen LogP contribution in [0, 0.1) is 6.92 Å². The number of halogens is 3. The highest BCUT2D eigenvalue weighted by Gasteiger charge is 2.31. The van der Waals surface area contributed by atoms with Gasteiger partial charge in [0.15, 0.2) is 0 Å². The Balaban J connectivity index is 2.24. The van der Waals surface area contributed by atoms with Gasteiger partial charge in [0.2, 0.25) is 0 Å². The van der Waals surface area contributed by atoms with Crippen LogP contribution in [0.25, 0.3) is 10.1 Å². The molecule has 3 N–H and O–H groups in total. The van der Waals surface area contributed by atoms with Gasteiger partial charge in [0.25, 0.3) is 5.91 Å². The van der Waals surface area contributed by atoms with Gasteiger partial charge in [-0.3, -0.25) is 4.79 Å². The third kappa shape index (κ3) is 3.47. The highest BCUT2D eigenvalue weighted by atomic mass is 32.1. The summed E-state index contributed by atoms with van der Waals surface area (Å²) in [5.74, 6) is -0.565. The van der Waals surface area contributed by atoms with Crippen LogP contribution in [0.3, 0.4) is 0 Å². The Labute approximate surface area is 123 Å². The van der Waals surface area contributed by atoms with Crippen LogP contribution in [-0.4, -0.2) is 18.1 Å². The van der Waals surface area contributed by atoms with Crippen molar-refractivity contribution >= 4 is 33.0 Å². The number of anilines is 1. The van der Waals surface area contributed by atoms with E-state index in [9.17, 15) is 18.0 Å². The standard InChI is InChI=1S/C14H15F3N2OS/c1-7-4-3-5-9-10(18)12(21-11(7)9)13(20)19-8(2)6-14(15,16)17/h3-5,8H,6,18H2,1-2H3,(H,19,20). The summed E-state index contributed by atoms with van der Waals surface area (Å²) < 4.78 is 37.7. The second-order valence-electron chi connectivity index (χ2n) is 4.99. The van der Waals surface area contributed by atoms with E-state index in [-0.39, 0.29) is 4.88 Å². The van der Waals surface area contributed by atoms with Crippen LogP contribution in [0.5, 0.6) is 0 Å². The van der Waals surface area contributed by atoms with Crippen LogP contribution in [0.15, 0.2) is 18.2 Å². The number of carbonyl (C=O) groups excluding carboxylic acids is 1. The Morgan fingerprint density at radius 1 is 1.43 bits per heavy atom. The largest absolute Gasteiger partial charge is 0.397 e. The molecule has 0 saturated carbocycles. The van der Waals surface area contributed by atoms with E-state index in [0.29, 0.717) is 5.69 Å². The van der Waals surface area contributed by atoms with Crippen molar-refractivity contribution in [1.29, 1.82) is 0 Å². The molecule has 21 heavy (non-hydrogen) atoms. The summed E-state index contributed by atoms with van der Waals surface area (Å²) in [6.45, 7) is 3.21. The molecule has 1 aromatic carbocycles. The van der Waals surface area contributed by atoms with E-state index in [1.165, 1.54) is 18.3 Å². The van der Waals surface area contributed by atoms with Crippen molar-refractivity contribution in [2.24, 2.45) is 0 Å². The normalized spacial score (nSPS) is 13.4. The maximum Gasteiger partial charge on any atom is 0.391 e. The Morgan fingerprint density at radius 2 is 2.10 bits per heavy atom. The van der Waals surface area contributed by atoms with Gasteiger partial charge in [-0.25, -0.2) is 0 Å². The van der Waals surface area contributed by atoms with E-state index < -0.39 is 24.5 Å². The lowest BCUT2D eigenvalue weighted by molar-refractivity contribution is -0.138. The maximum atomic E-state index is 12.3. The van der Waals surface area contributed by atoms with Gasteiger partial charge in [-0.05, 0) is 19.4 Å². The molecule has 1 atom stereocenters. The number of amides is 1. The molecule has 1 heterocycles. The number of rotatable bonds is 3. The Bertz CT molecular complexity index is 679. The van der Waals surface area contributed by atoms with Gasteiger partial charge in [0.05, 0.1) is 12.1 Å². The number of aryl methyl sites for hydroxylation is 1. The molecule has 1 unspecified atom stereocenters. The first-order chi connectivity index (χ1) is 9.69. The van der Waals surface area contributed by atoms with Gasteiger partial charge in [0, 0.05) is 16.1 Å². The zero-order valence-corrected chi connectivity index (χ0v) is 12.4. The highest BCUT2D eigenvalue weighted by molar-refractivity contribution is 7.21. The fraction of sp³-hybridized carbons (Fsp3) is 0.357. The van der Waals surface area contributed by atoms with Crippen LogP contribution in [0.4, 0.5) is 18.9 Å². The summed E-state index contributed by atoms with van der Waals surface area (Å²) >= 11 is 1.20. The van der Waals surface area contributed by atoms with Gasteiger partial charge in [-0.15, -0.1) is 11.3 Å². The molecule has 2 rings (SSSR count). The molecule has 0 spiro atoms. The van der Waals surface area contributed by atoms with Crippen LogP contribution < -0.4 is 11.1 Å². The molecule has 7 heteroatoms. The lowest BCUT2D eigenvalue weighted by atomic mass is 10.1. The molecule has 0 aliphatic heterocycles. The molecule has 114 valence electrons. The minimum atomic E-state index is -4.31. The van der Waals surface area contributed by atoms with Crippen molar-refractivity contribution in [2.45, 2.75) is 32.5 Å². The van der Waals surface area contributed by atoms with E-state index in [2.05, 4.69) is 5.32 Å². The van der Waals surface area contributed by atoms with E-state index >= 15 is 0 Å². The van der Waals surface area contributed by atoms with Crippen LogP contribution >= 0.6 is 11.3 Å². The molecule has 0 aliphatic carbocycles. The minimum Gasteiger partial charge on any atom is -0.397 e. The van der Waals surface area contributed by atoms with Gasteiger partial charge in [0.1, 0.15) is 4.88 Å². The van der Waals surface area contributed by atoms with Crippen molar-refractivity contribution in [1.82, 2.24) is 5.32 Å². The van der Waals surface area contributed by atoms with Crippen molar-refractivity contribution in [3.05, 3.63) is 28.6 Å². The molecule has 0 saturated heterocycles. The predicted octanol–water partition coefficient (Wildman–Crippen LogP) is 3.86. The molecule has 0 bridgehead atoms. The summed E-state index contributed by atoms with van der Waals surface area (Å²) in [6.07, 6.45) is -5.38. The molecular weight excluding hydrogens is 301 g/mol. The van der Waals surface area contributed by atoms with Crippen molar-refractivity contribution in [3.8, 4) is 0 Å². The first-order valence-corrected chi connectivity index (χ1v) is 7.16. The third-order valence-corrected chi connectivity index (χ3v) is 4.43. The van der Waals surface area contributed by atoms with Gasteiger partial charge < -0.3 is 11.1 Å². The van der Waals surface area contributed by atoms with E-state index in [1.807, 2.05) is 19.1 Å². The Hall–Kier alpha value is -1.76. The summed E-state index contributed by atoms with van der Waals surface area (Å²) in [5, 5.41) is 3.10. The van der Waals surface area contributed by atoms with Crippen molar-refractivity contribution in [2.75, 3.05) is 5.73 Å². The summed E-state index contributed by atoms with van der Waals surface area (Å²) in [7, 11) is 0. The smallest absolute Gasteiger partial charge is 0.391 e. The van der Waals surface area contributed by atoms with Crippen molar-refractivity contribution in [3.63, 3.8) is 0 Å². The van der Waals surface area contributed by atoms with E-state index in [4.69, 9.17) is 5.73 Å². The lowest BCUT2D eigenvalue weighted by Gasteiger charge is -2.15. The lowest BCUT2D eigenvalue weighted by Crippen LogP contribution is -2.35. The zero-order chi connectivity index (χ0) is 15.8. The molecule has 1 amide bonds. The van der Waals surface area contributed by atoms with Crippen LogP contribution in [0.2, 0.25) is 0 Å². The number of benzene rings is 1. The fourth-order valence-electron chi connectivity index (χ4n) is 2.14. The molecule has 3 nitrogen and oxygen atoms in total. The number of nitrogens with two attached hydrogens (primary N) is 1. The highest BCUT2D eigenvalue weighted by Crippen LogP contribution is 2.35. The molecule has 0 fully saturated rings. The number of hydrogen-bond acceptors (Lipinski definition) is 3. The average Bonchev–Trinajstić information content (AvgIpc) is 2.66. The Kier molecular flexibility index (Phi) is 4.13. The molecule has 0 radical (unpaired) electrons. The van der Waals surface area contributed by atoms with E-state index in [0.717, 1.165) is 15.6 Å². The van der Waals surface area contributed by atoms with Gasteiger partial charge >= 0.3 is 6.18 Å². The number of nitrogens with one attached hydrogen (secondary N) is 1. The topological polar surface area (TPSA) is 55.1 Å². The number of carbonyl (C=O) groups is 1. The average molecular weight is 316 g/mol. The van der Waals surface area contributed by atoms with Gasteiger partial charge in [-0.2, -0.15) is 13.2 Å². The predicted molar refractivity (Wildman–Crippen MR) is 78.6 cm³/mol. The monoisotopic (exact) mass is 316 g/mol. The SMILES string of the molecule is Cc1cccc2c(N)c(C(=O)NC(C)CC(F)(F)F)sc12. The fourth-order valence-corrected chi connectivity index (χ4v) is 3.23. The number of hydrogen-bond donors (Lipinski definition) is 2.